The minimum absolute atomic E-state index is 0.00833. The van der Waals surface area contributed by atoms with Gasteiger partial charge in [-0.05, 0) is 49.4 Å². The number of aryl methyl sites for hydroxylation is 1. The molecule has 8 heteroatoms. The minimum Gasteiger partial charge on any atom is -0.465 e. The summed E-state index contributed by atoms with van der Waals surface area (Å²) in [5, 5.41) is 2.82. The van der Waals surface area contributed by atoms with Gasteiger partial charge in [-0.3, -0.25) is 19.9 Å². The quantitative estimate of drug-likeness (QED) is 0.733. The van der Waals surface area contributed by atoms with Crippen molar-refractivity contribution < 1.29 is 18.8 Å². The van der Waals surface area contributed by atoms with Gasteiger partial charge in [0.25, 0.3) is 11.8 Å². The number of carbonyl (C=O) groups is 2. The predicted molar refractivity (Wildman–Crippen MR) is 110 cm³/mol. The molecule has 0 saturated carbocycles. The minimum atomic E-state index is -0.565. The van der Waals surface area contributed by atoms with Gasteiger partial charge in [0, 0.05) is 36.0 Å². The number of likely N-dealkylation sites (tertiary alicyclic amines) is 1. The third-order valence-corrected chi connectivity index (χ3v) is 5.75. The average molecular weight is 460 g/mol. The molecule has 1 aromatic carbocycles. The molecule has 0 bridgehead atoms. The topological polar surface area (TPSA) is 83.8 Å². The Balaban J connectivity index is 1.33. The van der Waals surface area contributed by atoms with Gasteiger partial charge in [0.1, 0.15) is 22.8 Å². The van der Waals surface area contributed by atoms with Crippen LogP contribution in [0.5, 0.6) is 0 Å². The molecule has 3 heterocycles. The van der Waals surface area contributed by atoms with E-state index in [0.29, 0.717) is 49.5 Å². The summed E-state index contributed by atoms with van der Waals surface area (Å²) in [5.74, 6) is 1.27. The van der Waals surface area contributed by atoms with E-state index >= 15 is 0 Å². The molecule has 1 fully saturated rings. The number of benzene rings is 1. The second-order valence-electron chi connectivity index (χ2n) is 7.32. The number of nitrogens with one attached hydrogen (secondary N) is 2. The number of hydrogen-bond acceptors (Lipinski definition) is 5. The van der Waals surface area contributed by atoms with Crippen molar-refractivity contribution in [1.29, 1.82) is 0 Å². The summed E-state index contributed by atoms with van der Waals surface area (Å²) in [7, 11) is 0. The molecule has 2 N–H and O–H groups in total. The zero-order valence-corrected chi connectivity index (χ0v) is 17.6. The fraction of sp³-hybridized carbons (Fsp3) is 0.333. The molecule has 0 unspecified atom stereocenters. The zero-order chi connectivity index (χ0) is 20.4. The molecule has 2 amide bonds. The van der Waals surface area contributed by atoms with E-state index in [0.717, 1.165) is 10.2 Å². The summed E-state index contributed by atoms with van der Waals surface area (Å²) in [5.41, 5.74) is 3.24. The van der Waals surface area contributed by atoms with Crippen molar-refractivity contribution in [3.8, 4) is 0 Å². The van der Waals surface area contributed by atoms with E-state index in [9.17, 15) is 9.59 Å². The highest BCUT2D eigenvalue weighted by Crippen LogP contribution is 2.32. The van der Waals surface area contributed by atoms with Gasteiger partial charge in [-0.1, -0.05) is 15.9 Å². The lowest BCUT2D eigenvalue weighted by Crippen LogP contribution is -2.46. The molecule has 4 rings (SSSR count). The molecule has 2 aliphatic heterocycles. The van der Waals surface area contributed by atoms with Crippen LogP contribution in [0.3, 0.4) is 0 Å². The van der Waals surface area contributed by atoms with Crippen LogP contribution < -0.4 is 10.8 Å². The molecule has 1 aromatic heterocycles. The number of hydroxylamine groups is 1. The van der Waals surface area contributed by atoms with Crippen LogP contribution >= 0.6 is 15.9 Å². The number of piperidine rings is 1. The maximum atomic E-state index is 12.7. The summed E-state index contributed by atoms with van der Waals surface area (Å²) in [6.07, 6.45) is 3.07. The highest BCUT2D eigenvalue weighted by molar-refractivity contribution is 9.10. The smallest absolute Gasteiger partial charge is 0.269 e. The summed E-state index contributed by atoms with van der Waals surface area (Å²) < 4.78 is 6.40. The number of furan rings is 1. The number of halogens is 1. The van der Waals surface area contributed by atoms with E-state index in [4.69, 9.17) is 9.25 Å². The van der Waals surface area contributed by atoms with Crippen molar-refractivity contribution in [2.75, 3.05) is 13.1 Å². The van der Waals surface area contributed by atoms with Gasteiger partial charge < -0.3 is 14.6 Å². The van der Waals surface area contributed by atoms with Crippen molar-refractivity contribution in [2.45, 2.75) is 31.9 Å². The molecule has 0 atom stereocenters. The molecule has 2 aliphatic rings. The standard InChI is InChI=1S/C21H22BrN3O4/c1-14-2-7-17(28-14)13-23-19(26)18-12-21(29-24-18)8-10-25(11-9-21)20(27)15-3-5-16(22)6-4-15/h2-7,12,24H,8-11,13H2,1H3,(H,23,26). The van der Waals surface area contributed by atoms with Gasteiger partial charge in [-0.25, -0.2) is 0 Å². The first-order chi connectivity index (χ1) is 13.9. The van der Waals surface area contributed by atoms with Gasteiger partial charge in [0.15, 0.2) is 0 Å². The van der Waals surface area contributed by atoms with E-state index in [1.807, 2.05) is 54.3 Å². The number of carbonyl (C=O) groups excluding carboxylic acids is 2. The Hall–Kier alpha value is -2.58. The van der Waals surface area contributed by atoms with Gasteiger partial charge >= 0.3 is 0 Å². The second kappa shape index (κ2) is 8.04. The lowest BCUT2D eigenvalue weighted by Gasteiger charge is -2.36. The predicted octanol–water partition coefficient (Wildman–Crippen LogP) is 3.06. The van der Waals surface area contributed by atoms with E-state index in [-0.39, 0.29) is 11.8 Å². The van der Waals surface area contributed by atoms with Crippen molar-refractivity contribution in [1.82, 2.24) is 15.7 Å². The van der Waals surface area contributed by atoms with Crippen LogP contribution in [0.4, 0.5) is 0 Å². The van der Waals surface area contributed by atoms with Gasteiger partial charge in [0.05, 0.1) is 6.54 Å². The highest BCUT2D eigenvalue weighted by Gasteiger charge is 2.41. The summed E-state index contributed by atoms with van der Waals surface area (Å²) in [6.45, 7) is 3.30. The number of nitrogens with zero attached hydrogens (tertiary/aromatic N) is 1. The fourth-order valence-corrected chi connectivity index (χ4v) is 3.81. The molecule has 1 spiro atoms. The number of amides is 2. The molecule has 29 heavy (non-hydrogen) atoms. The molecular weight excluding hydrogens is 438 g/mol. The van der Waals surface area contributed by atoms with Gasteiger partial charge in [0.2, 0.25) is 0 Å². The Morgan fingerprint density at radius 1 is 1.17 bits per heavy atom. The Kier molecular flexibility index (Phi) is 5.47. The first-order valence-electron chi connectivity index (χ1n) is 9.49. The lowest BCUT2D eigenvalue weighted by atomic mass is 9.90. The zero-order valence-electron chi connectivity index (χ0n) is 16.0. The Morgan fingerprint density at radius 2 is 1.90 bits per heavy atom. The summed E-state index contributed by atoms with van der Waals surface area (Å²) >= 11 is 3.38. The molecule has 0 radical (unpaired) electrons. The van der Waals surface area contributed by atoms with Crippen molar-refractivity contribution >= 4 is 27.7 Å². The summed E-state index contributed by atoms with van der Waals surface area (Å²) in [6, 6.07) is 11.0. The maximum Gasteiger partial charge on any atom is 0.269 e. The van der Waals surface area contributed by atoms with E-state index in [1.54, 1.807) is 0 Å². The molecule has 7 nitrogen and oxygen atoms in total. The van der Waals surface area contributed by atoms with E-state index in [1.165, 1.54) is 0 Å². The maximum absolute atomic E-state index is 12.7. The summed E-state index contributed by atoms with van der Waals surface area (Å²) in [4.78, 5) is 32.7. The molecule has 152 valence electrons. The largest absolute Gasteiger partial charge is 0.465 e. The average Bonchev–Trinajstić information content (AvgIpc) is 3.33. The van der Waals surface area contributed by atoms with E-state index in [2.05, 4.69) is 26.7 Å². The Labute approximate surface area is 177 Å². The van der Waals surface area contributed by atoms with Crippen LogP contribution in [0.1, 0.15) is 34.7 Å². The van der Waals surface area contributed by atoms with Crippen LogP contribution in [-0.4, -0.2) is 35.4 Å². The second-order valence-corrected chi connectivity index (χ2v) is 8.24. The van der Waals surface area contributed by atoms with Crippen molar-refractivity contribution in [3.05, 3.63) is 69.7 Å². The van der Waals surface area contributed by atoms with Crippen LogP contribution in [0.2, 0.25) is 0 Å². The third-order valence-electron chi connectivity index (χ3n) is 5.22. The fourth-order valence-electron chi connectivity index (χ4n) is 3.54. The van der Waals surface area contributed by atoms with Crippen LogP contribution in [0, 0.1) is 6.92 Å². The van der Waals surface area contributed by atoms with Crippen molar-refractivity contribution in [3.63, 3.8) is 0 Å². The number of rotatable bonds is 4. The SMILES string of the molecule is Cc1ccc(CNC(=O)C2=CC3(CCN(C(=O)c4ccc(Br)cc4)CC3)ON2)o1. The van der Waals surface area contributed by atoms with Gasteiger partial charge in [-0.15, -0.1) is 0 Å². The third kappa shape index (κ3) is 4.38. The Bertz CT molecular complexity index is 943. The van der Waals surface area contributed by atoms with E-state index < -0.39 is 5.60 Å². The lowest BCUT2D eigenvalue weighted by molar-refractivity contribution is -0.120. The molecular formula is C21H22BrN3O4. The Morgan fingerprint density at radius 3 is 2.55 bits per heavy atom. The van der Waals surface area contributed by atoms with Crippen molar-refractivity contribution in [2.24, 2.45) is 0 Å². The highest BCUT2D eigenvalue weighted by atomic mass is 79.9. The monoisotopic (exact) mass is 459 g/mol. The normalized spacial score (nSPS) is 17.7. The van der Waals surface area contributed by atoms with Crippen LogP contribution in [-0.2, 0) is 16.2 Å². The van der Waals surface area contributed by atoms with Gasteiger partial charge in [-0.2, -0.15) is 0 Å². The first-order valence-corrected chi connectivity index (χ1v) is 10.3. The molecule has 1 saturated heterocycles. The van der Waals surface area contributed by atoms with Crippen LogP contribution in [0.15, 0.2) is 57.1 Å². The molecule has 2 aromatic rings. The molecule has 0 aliphatic carbocycles. The first kappa shape index (κ1) is 19.7. The van der Waals surface area contributed by atoms with Crippen LogP contribution in [0.25, 0.3) is 0 Å². The number of hydrogen-bond donors (Lipinski definition) is 2.